The largest absolute Gasteiger partial charge is 0.478 e. The SMILES string of the molecule is CN(C)C(=O)CN1CCc2c(cccc2C(=O)O)C1. The van der Waals surface area contributed by atoms with Crippen LogP contribution in [-0.2, 0) is 17.8 Å². The Morgan fingerprint density at radius 3 is 2.74 bits per heavy atom. The quantitative estimate of drug-likeness (QED) is 0.876. The van der Waals surface area contributed by atoms with Crippen molar-refractivity contribution in [1.29, 1.82) is 0 Å². The number of carboxylic acid groups (broad SMARTS) is 1. The van der Waals surface area contributed by atoms with Crippen molar-refractivity contribution in [2.24, 2.45) is 0 Å². The lowest BCUT2D eigenvalue weighted by Gasteiger charge is -2.29. The van der Waals surface area contributed by atoms with E-state index in [4.69, 9.17) is 5.11 Å². The monoisotopic (exact) mass is 262 g/mol. The summed E-state index contributed by atoms with van der Waals surface area (Å²) >= 11 is 0. The summed E-state index contributed by atoms with van der Waals surface area (Å²) in [6, 6.07) is 5.34. The summed E-state index contributed by atoms with van der Waals surface area (Å²) in [5.41, 5.74) is 2.30. The van der Waals surface area contributed by atoms with Gasteiger partial charge in [0.25, 0.3) is 0 Å². The zero-order chi connectivity index (χ0) is 14.0. The van der Waals surface area contributed by atoms with Gasteiger partial charge in [0.15, 0.2) is 0 Å². The minimum Gasteiger partial charge on any atom is -0.478 e. The van der Waals surface area contributed by atoms with Crippen LogP contribution in [0.25, 0.3) is 0 Å². The molecule has 2 rings (SSSR count). The fourth-order valence-corrected chi connectivity index (χ4v) is 2.34. The normalized spacial score (nSPS) is 14.8. The van der Waals surface area contributed by atoms with Gasteiger partial charge < -0.3 is 10.0 Å². The van der Waals surface area contributed by atoms with Gasteiger partial charge in [-0.15, -0.1) is 0 Å². The molecule has 1 aliphatic rings. The predicted octanol–water partition coefficient (Wildman–Crippen LogP) is 0.831. The molecule has 0 unspecified atom stereocenters. The van der Waals surface area contributed by atoms with E-state index in [0.29, 0.717) is 25.1 Å². The molecule has 1 heterocycles. The van der Waals surface area contributed by atoms with Gasteiger partial charge in [-0.2, -0.15) is 0 Å². The van der Waals surface area contributed by atoms with Gasteiger partial charge in [0.05, 0.1) is 12.1 Å². The Balaban J connectivity index is 2.15. The van der Waals surface area contributed by atoms with Gasteiger partial charge in [-0.25, -0.2) is 4.79 Å². The third kappa shape index (κ3) is 2.93. The molecule has 1 aromatic rings. The number of likely N-dealkylation sites (N-methyl/N-ethyl adjacent to an activating group) is 1. The van der Waals surface area contributed by atoms with E-state index in [2.05, 4.69) is 4.90 Å². The average molecular weight is 262 g/mol. The summed E-state index contributed by atoms with van der Waals surface area (Å²) in [7, 11) is 3.48. The molecule has 5 heteroatoms. The van der Waals surface area contributed by atoms with E-state index in [1.807, 2.05) is 6.07 Å². The second-order valence-corrected chi connectivity index (χ2v) is 5.00. The van der Waals surface area contributed by atoms with Crippen molar-refractivity contribution in [3.63, 3.8) is 0 Å². The molecule has 0 aromatic heterocycles. The molecule has 5 nitrogen and oxygen atoms in total. The van der Waals surface area contributed by atoms with Crippen molar-refractivity contribution in [1.82, 2.24) is 9.80 Å². The van der Waals surface area contributed by atoms with Crippen LogP contribution in [0.2, 0.25) is 0 Å². The van der Waals surface area contributed by atoms with E-state index in [-0.39, 0.29) is 5.91 Å². The maximum Gasteiger partial charge on any atom is 0.335 e. The van der Waals surface area contributed by atoms with Crippen molar-refractivity contribution in [3.8, 4) is 0 Å². The number of nitrogens with zero attached hydrogens (tertiary/aromatic N) is 2. The van der Waals surface area contributed by atoms with Gasteiger partial charge in [0.2, 0.25) is 5.91 Å². The number of aromatic carboxylic acids is 1. The van der Waals surface area contributed by atoms with Crippen LogP contribution in [0.5, 0.6) is 0 Å². The number of rotatable bonds is 3. The fraction of sp³-hybridized carbons (Fsp3) is 0.429. The van der Waals surface area contributed by atoms with Gasteiger partial charge in [-0.05, 0) is 23.6 Å². The van der Waals surface area contributed by atoms with Crippen molar-refractivity contribution in [3.05, 3.63) is 34.9 Å². The van der Waals surface area contributed by atoms with Crippen molar-refractivity contribution >= 4 is 11.9 Å². The van der Waals surface area contributed by atoms with Crippen LogP contribution in [0.1, 0.15) is 21.5 Å². The number of amides is 1. The Bertz CT molecular complexity index is 511. The highest BCUT2D eigenvalue weighted by Gasteiger charge is 2.22. The Hall–Kier alpha value is -1.88. The summed E-state index contributed by atoms with van der Waals surface area (Å²) in [6.07, 6.45) is 0.679. The van der Waals surface area contributed by atoms with Crippen molar-refractivity contribution in [2.75, 3.05) is 27.2 Å². The molecule has 0 bridgehead atoms. The maximum atomic E-state index is 11.7. The molecule has 0 spiro atoms. The lowest BCUT2D eigenvalue weighted by Crippen LogP contribution is -2.39. The number of hydrogen-bond acceptors (Lipinski definition) is 3. The van der Waals surface area contributed by atoms with E-state index in [1.165, 1.54) is 0 Å². The van der Waals surface area contributed by atoms with Crippen LogP contribution in [0, 0.1) is 0 Å². The molecular weight excluding hydrogens is 244 g/mol. The summed E-state index contributed by atoms with van der Waals surface area (Å²) in [4.78, 5) is 26.5. The van der Waals surface area contributed by atoms with E-state index < -0.39 is 5.97 Å². The Labute approximate surface area is 112 Å². The maximum absolute atomic E-state index is 11.7. The highest BCUT2D eigenvalue weighted by Crippen LogP contribution is 2.22. The molecule has 102 valence electrons. The van der Waals surface area contributed by atoms with E-state index in [0.717, 1.165) is 17.7 Å². The number of carbonyl (C=O) groups is 2. The molecule has 0 radical (unpaired) electrons. The molecule has 19 heavy (non-hydrogen) atoms. The third-order valence-electron chi connectivity index (χ3n) is 3.43. The molecule has 1 aromatic carbocycles. The minimum absolute atomic E-state index is 0.0674. The van der Waals surface area contributed by atoms with Gasteiger partial charge in [-0.1, -0.05) is 12.1 Å². The average Bonchev–Trinajstić information content (AvgIpc) is 2.37. The van der Waals surface area contributed by atoms with Crippen LogP contribution in [0.15, 0.2) is 18.2 Å². The number of carboxylic acids is 1. The molecule has 1 amide bonds. The molecule has 1 aliphatic heterocycles. The summed E-state index contributed by atoms with van der Waals surface area (Å²) in [5.74, 6) is -0.812. The first-order valence-corrected chi connectivity index (χ1v) is 6.25. The van der Waals surface area contributed by atoms with Crippen LogP contribution < -0.4 is 0 Å². The first-order valence-electron chi connectivity index (χ1n) is 6.25. The van der Waals surface area contributed by atoms with Crippen LogP contribution in [0.3, 0.4) is 0 Å². The fourth-order valence-electron chi connectivity index (χ4n) is 2.34. The zero-order valence-corrected chi connectivity index (χ0v) is 11.2. The van der Waals surface area contributed by atoms with Crippen molar-refractivity contribution in [2.45, 2.75) is 13.0 Å². The van der Waals surface area contributed by atoms with Gasteiger partial charge in [0.1, 0.15) is 0 Å². The molecule has 1 N–H and O–H groups in total. The van der Waals surface area contributed by atoms with Gasteiger partial charge in [-0.3, -0.25) is 9.69 Å². The number of hydrogen-bond donors (Lipinski definition) is 1. The Morgan fingerprint density at radius 1 is 1.37 bits per heavy atom. The molecule has 0 atom stereocenters. The van der Waals surface area contributed by atoms with E-state index in [9.17, 15) is 9.59 Å². The minimum atomic E-state index is -0.880. The number of carbonyl (C=O) groups excluding carboxylic acids is 1. The lowest BCUT2D eigenvalue weighted by atomic mass is 9.94. The molecule has 0 saturated carbocycles. The Kier molecular flexibility index (Phi) is 3.85. The van der Waals surface area contributed by atoms with Crippen LogP contribution >= 0.6 is 0 Å². The predicted molar refractivity (Wildman–Crippen MR) is 71.1 cm³/mol. The highest BCUT2D eigenvalue weighted by molar-refractivity contribution is 5.90. The summed E-state index contributed by atoms with van der Waals surface area (Å²) < 4.78 is 0. The number of fused-ring (bicyclic) bond motifs is 1. The lowest BCUT2D eigenvalue weighted by molar-refractivity contribution is -0.130. The van der Waals surface area contributed by atoms with E-state index >= 15 is 0 Å². The molecule has 0 fully saturated rings. The third-order valence-corrected chi connectivity index (χ3v) is 3.43. The molecule has 0 aliphatic carbocycles. The van der Waals surface area contributed by atoms with E-state index in [1.54, 1.807) is 31.1 Å². The summed E-state index contributed by atoms with van der Waals surface area (Å²) in [6.45, 7) is 1.73. The Morgan fingerprint density at radius 2 is 2.11 bits per heavy atom. The standard InChI is InChI=1S/C14H18N2O3/c1-15(2)13(17)9-16-7-6-11-10(8-16)4-3-5-12(11)14(18)19/h3-5H,6-9H2,1-2H3,(H,18,19). The zero-order valence-electron chi connectivity index (χ0n) is 11.2. The number of benzene rings is 1. The topological polar surface area (TPSA) is 60.9 Å². The van der Waals surface area contributed by atoms with Crippen LogP contribution in [0.4, 0.5) is 0 Å². The second-order valence-electron chi connectivity index (χ2n) is 5.00. The summed E-state index contributed by atoms with van der Waals surface area (Å²) in [5, 5.41) is 9.15. The second kappa shape index (κ2) is 5.40. The molecular formula is C14H18N2O3. The first-order chi connectivity index (χ1) is 8.99. The highest BCUT2D eigenvalue weighted by atomic mass is 16.4. The van der Waals surface area contributed by atoms with Gasteiger partial charge in [0, 0.05) is 27.2 Å². The van der Waals surface area contributed by atoms with Crippen molar-refractivity contribution < 1.29 is 14.7 Å². The first kappa shape index (κ1) is 13.5. The molecule has 0 saturated heterocycles. The van der Waals surface area contributed by atoms with Gasteiger partial charge >= 0.3 is 5.97 Å². The smallest absolute Gasteiger partial charge is 0.335 e. The van der Waals surface area contributed by atoms with Crippen LogP contribution in [-0.4, -0.2) is 54.0 Å².